The number of hydrogen-bond acceptors (Lipinski definition) is 5. The average molecular weight is 206 g/mol. The predicted octanol–water partition coefficient (Wildman–Crippen LogP) is 0.591. The summed E-state index contributed by atoms with van der Waals surface area (Å²) in [4.78, 5) is 21.7. The molecule has 74 valence electrons. The highest BCUT2D eigenvalue weighted by Gasteiger charge is 1.87. The fourth-order valence-corrected chi connectivity index (χ4v) is 0.582. The molecule has 0 bridgehead atoms. The summed E-state index contributed by atoms with van der Waals surface area (Å²) in [5.74, 6) is 1.02. The molecule has 6 heteroatoms. The molecule has 0 aliphatic carbocycles. The van der Waals surface area contributed by atoms with Crippen LogP contribution in [0.3, 0.4) is 0 Å². The highest BCUT2D eigenvalue weighted by molar-refractivity contribution is 7.38. The summed E-state index contributed by atoms with van der Waals surface area (Å²) in [6.07, 6.45) is 0. The van der Waals surface area contributed by atoms with Crippen molar-refractivity contribution in [2.75, 3.05) is 7.11 Å². The molecule has 0 unspecified atom stereocenters. The Balaban J connectivity index is 0.000000310. The summed E-state index contributed by atoms with van der Waals surface area (Å²) in [6, 6.07) is 6.57. The van der Waals surface area contributed by atoms with Crippen molar-refractivity contribution < 1.29 is 24.5 Å². The van der Waals surface area contributed by atoms with Gasteiger partial charge in [0.25, 0.3) is 0 Å². The Morgan fingerprint density at radius 2 is 1.46 bits per heavy atom. The van der Waals surface area contributed by atoms with E-state index in [1.807, 2.05) is 0 Å². The van der Waals surface area contributed by atoms with E-state index < -0.39 is 8.60 Å². The maximum Gasteiger partial charge on any atom is 0.324 e. The van der Waals surface area contributed by atoms with Crippen LogP contribution in [0.25, 0.3) is 0 Å². The number of ether oxygens (including phenoxy) is 1. The minimum absolute atomic E-state index is 0.260. The largest absolute Gasteiger partial charge is 0.508 e. The molecule has 0 radical (unpaired) electrons. The molecule has 1 aromatic rings. The molecule has 0 spiro atoms. The van der Waals surface area contributed by atoms with Crippen molar-refractivity contribution in [2.24, 2.45) is 0 Å². The molecule has 0 aliphatic rings. The van der Waals surface area contributed by atoms with Crippen LogP contribution in [0.1, 0.15) is 0 Å². The summed E-state index contributed by atoms with van der Waals surface area (Å²) in [5.41, 5.74) is 0. The Morgan fingerprint density at radius 3 is 1.77 bits per heavy atom. The first-order valence-corrected chi connectivity index (χ1v) is 4.46. The molecule has 1 aromatic carbocycles. The van der Waals surface area contributed by atoms with E-state index in [2.05, 4.69) is 0 Å². The second kappa shape index (κ2) is 6.62. The van der Waals surface area contributed by atoms with E-state index in [1.165, 1.54) is 0 Å². The van der Waals surface area contributed by atoms with Gasteiger partial charge in [-0.15, -0.1) is 0 Å². The maximum absolute atomic E-state index is 8.80. The second-order valence-corrected chi connectivity index (χ2v) is 2.50. The van der Waals surface area contributed by atoms with Crippen molar-refractivity contribution >= 4 is 8.60 Å². The first kappa shape index (κ1) is 12.1. The van der Waals surface area contributed by atoms with Crippen LogP contribution >= 0.6 is 8.60 Å². The first-order chi connectivity index (χ1) is 6.06. The van der Waals surface area contributed by atoms with E-state index in [0.29, 0.717) is 0 Å². The van der Waals surface area contributed by atoms with Crippen LogP contribution in [0.2, 0.25) is 0 Å². The molecule has 0 amide bonds. The standard InChI is InChI=1S/C7H8O2.H3O3P/c1-9-7-4-2-6(8)3-5-7;1-4(2)3/h2-5,8H,1H3;1-3H. The molecule has 0 atom stereocenters. The molecule has 13 heavy (non-hydrogen) atoms. The highest BCUT2D eigenvalue weighted by Crippen LogP contribution is 2.14. The van der Waals surface area contributed by atoms with E-state index in [9.17, 15) is 0 Å². The van der Waals surface area contributed by atoms with Gasteiger partial charge in [-0.25, -0.2) is 0 Å². The van der Waals surface area contributed by atoms with Crippen LogP contribution in [0.4, 0.5) is 0 Å². The molecule has 0 saturated heterocycles. The number of aromatic hydroxyl groups is 1. The van der Waals surface area contributed by atoms with Crippen molar-refractivity contribution in [3.05, 3.63) is 24.3 Å². The summed E-state index contributed by atoms with van der Waals surface area (Å²) >= 11 is 0. The van der Waals surface area contributed by atoms with Crippen LogP contribution in [0.15, 0.2) is 24.3 Å². The summed E-state index contributed by atoms with van der Waals surface area (Å²) in [6.45, 7) is 0. The van der Waals surface area contributed by atoms with Crippen molar-refractivity contribution in [3.63, 3.8) is 0 Å². The molecule has 0 saturated carbocycles. The van der Waals surface area contributed by atoms with Gasteiger partial charge in [-0.05, 0) is 24.3 Å². The Bertz CT molecular complexity index is 220. The monoisotopic (exact) mass is 206 g/mol. The normalized spacial score (nSPS) is 9.00. The topological polar surface area (TPSA) is 90.2 Å². The van der Waals surface area contributed by atoms with Crippen molar-refractivity contribution in [3.8, 4) is 11.5 Å². The predicted molar refractivity (Wildman–Crippen MR) is 48.2 cm³/mol. The van der Waals surface area contributed by atoms with E-state index in [0.717, 1.165) is 5.75 Å². The molecular formula is C7H11O5P. The smallest absolute Gasteiger partial charge is 0.324 e. The van der Waals surface area contributed by atoms with Gasteiger partial charge in [0.15, 0.2) is 0 Å². The lowest BCUT2D eigenvalue weighted by Crippen LogP contribution is -1.79. The SMILES string of the molecule is COc1ccc(O)cc1.OP(O)O. The average Bonchev–Trinajstić information content (AvgIpc) is 2.05. The molecule has 1 rings (SSSR count). The third-order valence-corrected chi connectivity index (χ3v) is 1.07. The van der Waals surface area contributed by atoms with Gasteiger partial charge >= 0.3 is 8.60 Å². The first-order valence-electron chi connectivity index (χ1n) is 3.26. The Morgan fingerprint density at radius 1 is 1.08 bits per heavy atom. The quantitative estimate of drug-likeness (QED) is 0.505. The van der Waals surface area contributed by atoms with Gasteiger partial charge in [0.1, 0.15) is 11.5 Å². The minimum Gasteiger partial charge on any atom is -0.508 e. The lowest BCUT2D eigenvalue weighted by molar-refractivity contribution is 0.368. The van der Waals surface area contributed by atoms with Gasteiger partial charge in [0.05, 0.1) is 7.11 Å². The van der Waals surface area contributed by atoms with Crippen LogP contribution in [0, 0.1) is 0 Å². The molecule has 4 N–H and O–H groups in total. The second-order valence-electron chi connectivity index (χ2n) is 1.97. The maximum atomic E-state index is 8.80. The van der Waals surface area contributed by atoms with Gasteiger partial charge < -0.3 is 24.5 Å². The van der Waals surface area contributed by atoms with Gasteiger partial charge in [-0.1, -0.05) is 0 Å². The van der Waals surface area contributed by atoms with Crippen LogP contribution < -0.4 is 4.74 Å². The fraction of sp³-hybridized carbons (Fsp3) is 0.143. The van der Waals surface area contributed by atoms with Crippen molar-refractivity contribution in [1.82, 2.24) is 0 Å². The van der Waals surface area contributed by atoms with Gasteiger partial charge in [0, 0.05) is 0 Å². The van der Waals surface area contributed by atoms with E-state index in [1.54, 1.807) is 31.4 Å². The van der Waals surface area contributed by atoms with Crippen molar-refractivity contribution in [1.29, 1.82) is 0 Å². The summed E-state index contributed by atoms with van der Waals surface area (Å²) in [5, 5.41) is 8.80. The van der Waals surface area contributed by atoms with Crippen LogP contribution in [-0.4, -0.2) is 26.9 Å². The third kappa shape index (κ3) is 7.49. The van der Waals surface area contributed by atoms with Crippen LogP contribution in [0.5, 0.6) is 11.5 Å². The zero-order chi connectivity index (χ0) is 10.3. The minimum atomic E-state index is -2.62. The lowest BCUT2D eigenvalue weighted by atomic mass is 10.3. The van der Waals surface area contributed by atoms with E-state index in [4.69, 9.17) is 24.5 Å². The number of phenols is 1. The fourth-order valence-electron chi connectivity index (χ4n) is 0.582. The molecule has 0 heterocycles. The highest BCUT2D eigenvalue weighted by atomic mass is 31.2. The summed E-state index contributed by atoms with van der Waals surface area (Å²) < 4.78 is 4.86. The van der Waals surface area contributed by atoms with E-state index >= 15 is 0 Å². The van der Waals surface area contributed by atoms with Crippen LogP contribution in [-0.2, 0) is 0 Å². The number of rotatable bonds is 1. The third-order valence-electron chi connectivity index (χ3n) is 1.07. The van der Waals surface area contributed by atoms with Gasteiger partial charge in [-0.3, -0.25) is 0 Å². The number of methoxy groups -OCH3 is 1. The number of phenolic OH excluding ortho intramolecular Hbond substituents is 1. The van der Waals surface area contributed by atoms with E-state index in [-0.39, 0.29) is 5.75 Å². The zero-order valence-corrected chi connectivity index (χ0v) is 7.85. The molecule has 0 aliphatic heterocycles. The Kier molecular flexibility index (Phi) is 6.18. The number of benzene rings is 1. The molecule has 5 nitrogen and oxygen atoms in total. The molecular weight excluding hydrogens is 195 g/mol. The van der Waals surface area contributed by atoms with Crippen molar-refractivity contribution in [2.45, 2.75) is 0 Å². The zero-order valence-electron chi connectivity index (χ0n) is 6.95. The Labute approximate surface area is 76.9 Å². The number of hydrogen-bond donors (Lipinski definition) is 4. The van der Waals surface area contributed by atoms with Gasteiger partial charge in [-0.2, -0.15) is 0 Å². The molecule has 0 aromatic heterocycles. The van der Waals surface area contributed by atoms with Gasteiger partial charge in [0.2, 0.25) is 0 Å². The summed E-state index contributed by atoms with van der Waals surface area (Å²) in [7, 11) is -1.03. The Hall–Kier alpha value is -0.870. The molecule has 0 fully saturated rings. The lowest BCUT2D eigenvalue weighted by Gasteiger charge is -1.96.